The highest BCUT2D eigenvalue weighted by Gasteiger charge is 2.32. The van der Waals surface area contributed by atoms with E-state index in [4.69, 9.17) is 0 Å². The largest absolute Gasteiger partial charge is 0.416 e. The zero-order chi connectivity index (χ0) is 20.7. The Balaban J connectivity index is 1.92. The summed E-state index contributed by atoms with van der Waals surface area (Å²) in [4.78, 5) is 12.4. The molecular formula is C21H14F6O. The van der Waals surface area contributed by atoms with Gasteiger partial charge in [-0.2, -0.15) is 26.3 Å². The van der Waals surface area contributed by atoms with Gasteiger partial charge in [0.15, 0.2) is 5.78 Å². The SMILES string of the molecule is CC1=C(c2ccc(C(F)(F)F)cc2)C(=O)C/C1=C/c1ccc(C(F)(F)F)cc1. The fourth-order valence-electron chi connectivity index (χ4n) is 3.10. The van der Waals surface area contributed by atoms with E-state index in [-0.39, 0.29) is 12.2 Å². The van der Waals surface area contributed by atoms with Crippen LogP contribution in [-0.4, -0.2) is 5.78 Å². The van der Waals surface area contributed by atoms with Gasteiger partial charge in [0.1, 0.15) is 0 Å². The monoisotopic (exact) mass is 396 g/mol. The lowest BCUT2D eigenvalue weighted by molar-refractivity contribution is -0.138. The summed E-state index contributed by atoms with van der Waals surface area (Å²) >= 11 is 0. The maximum Gasteiger partial charge on any atom is 0.416 e. The molecule has 0 aromatic heterocycles. The zero-order valence-corrected chi connectivity index (χ0v) is 14.6. The molecule has 0 unspecified atom stereocenters. The van der Waals surface area contributed by atoms with E-state index in [1.54, 1.807) is 13.0 Å². The normalized spacial score (nSPS) is 17.0. The minimum atomic E-state index is -4.46. The molecule has 0 saturated carbocycles. The first-order chi connectivity index (χ1) is 13.0. The number of carbonyl (C=O) groups is 1. The van der Waals surface area contributed by atoms with E-state index in [0.29, 0.717) is 27.8 Å². The minimum Gasteiger partial charge on any atom is -0.294 e. The second-order valence-electron chi connectivity index (χ2n) is 6.46. The summed E-state index contributed by atoms with van der Waals surface area (Å²) in [6.07, 6.45) is -7.23. The van der Waals surface area contributed by atoms with Crippen LogP contribution in [0.2, 0.25) is 0 Å². The third-order valence-electron chi connectivity index (χ3n) is 4.57. The number of halogens is 6. The summed E-state index contributed by atoms with van der Waals surface area (Å²) in [6.45, 7) is 1.67. The lowest BCUT2D eigenvalue weighted by Crippen LogP contribution is -2.05. The molecule has 0 fully saturated rings. The number of allylic oxidation sites excluding steroid dienone is 3. The van der Waals surface area contributed by atoms with Crippen molar-refractivity contribution in [3.63, 3.8) is 0 Å². The van der Waals surface area contributed by atoms with Crippen LogP contribution in [0.1, 0.15) is 35.6 Å². The standard InChI is InChI=1S/C21H14F6O/c1-12-15(10-13-2-6-16(7-3-13)20(22,23)24)11-18(28)19(12)14-4-8-17(9-5-14)21(25,26)27/h2-10H,11H2,1H3/b15-10-. The number of Topliss-reactive ketones (excluding diaryl/α,β-unsaturated/α-hetero) is 1. The van der Waals surface area contributed by atoms with Gasteiger partial charge in [0.2, 0.25) is 0 Å². The van der Waals surface area contributed by atoms with E-state index in [9.17, 15) is 31.1 Å². The van der Waals surface area contributed by atoms with Gasteiger partial charge in [0.05, 0.1) is 11.1 Å². The Morgan fingerprint density at radius 1 is 0.786 bits per heavy atom. The zero-order valence-electron chi connectivity index (χ0n) is 14.6. The molecule has 2 aromatic rings. The van der Waals surface area contributed by atoms with E-state index in [1.807, 2.05) is 0 Å². The van der Waals surface area contributed by atoms with Gasteiger partial charge >= 0.3 is 12.4 Å². The van der Waals surface area contributed by atoms with Crippen molar-refractivity contribution in [3.8, 4) is 0 Å². The summed E-state index contributed by atoms with van der Waals surface area (Å²) in [6, 6.07) is 8.87. The van der Waals surface area contributed by atoms with Crippen molar-refractivity contribution in [2.45, 2.75) is 25.7 Å². The molecule has 0 heterocycles. The van der Waals surface area contributed by atoms with Crippen LogP contribution >= 0.6 is 0 Å². The minimum absolute atomic E-state index is 0.0449. The van der Waals surface area contributed by atoms with Gasteiger partial charge in [-0.15, -0.1) is 0 Å². The van der Waals surface area contributed by atoms with Crippen molar-refractivity contribution in [1.29, 1.82) is 0 Å². The predicted octanol–water partition coefficient (Wildman–Crippen LogP) is 6.55. The van der Waals surface area contributed by atoms with Crippen molar-refractivity contribution >= 4 is 17.4 Å². The Morgan fingerprint density at radius 2 is 1.25 bits per heavy atom. The molecule has 146 valence electrons. The molecule has 1 aliphatic carbocycles. The third kappa shape index (κ3) is 4.03. The van der Waals surface area contributed by atoms with Gasteiger partial charge in [-0.05, 0) is 53.5 Å². The van der Waals surface area contributed by atoms with E-state index < -0.39 is 23.5 Å². The number of hydrogen-bond acceptors (Lipinski definition) is 1. The van der Waals surface area contributed by atoms with Gasteiger partial charge in [-0.25, -0.2) is 0 Å². The predicted molar refractivity (Wildman–Crippen MR) is 93.1 cm³/mol. The summed E-state index contributed by atoms with van der Waals surface area (Å²) in [5.41, 5.74) is 0.863. The first kappa shape index (κ1) is 19.9. The first-order valence-corrected chi connectivity index (χ1v) is 8.27. The molecule has 1 nitrogen and oxygen atoms in total. The molecule has 28 heavy (non-hydrogen) atoms. The lowest BCUT2D eigenvalue weighted by atomic mass is 9.99. The molecule has 0 N–H and O–H groups in total. The smallest absolute Gasteiger partial charge is 0.294 e. The van der Waals surface area contributed by atoms with Crippen molar-refractivity contribution in [2.75, 3.05) is 0 Å². The number of rotatable bonds is 2. The van der Waals surface area contributed by atoms with Gasteiger partial charge in [-0.1, -0.05) is 30.3 Å². The highest BCUT2D eigenvalue weighted by Crippen LogP contribution is 2.37. The first-order valence-electron chi connectivity index (χ1n) is 8.27. The van der Waals surface area contributed by atoms with Crippen molar-refractivity contribution < 1.29 is 31.1 Å². The van der Waals surface area contributed by atoms with Crippen LogP contribution < -0.4 is 0 Å². The van der Waals surface area contributed by atoms with Crippen LogP contribution in [0, 0.1) is 0 Å². The summed E-state index contributed by atoms with van der Waals surface area (Å²) in [5, 5.41) is 0. The number of carbonyl (C=O) groups excluding carboxylic acids is 1. The van der Waals surface area contributed by atoms with Crippen LogP contribution in [0.4, 0.5) is 26.3 Å². The maximum absolute atomic E-state index is 12.7. The summed E-state index contributed by atoms with van der Waals surface area (Å²) in [5.74, 6) is -0.240. The summed E-state index contributed by atoms with van der Waals surface area (Å²) in [7, 11) is 0. The van der Waals surface area contributed by atoms with Crippen LogP contribution in [-0.2, 0) is 17.1 Å². The van der Waals surface area contributed by atoms with E-state index >= 15 is 0 Å². The van der Waals surface area contributed by atoms with Crippen molar-refractivity contribution in [3.05, 3.63) is 81.9 Å². The maximum atomic E-state index is 12.7. The molecule has 1 aliphatic rings. The van der Waals surface area contributed by atoms with Crippen LogP contribution in [0.15, 0.2) is 59.7 Å². The Kier molecular flexibility index (Phi) is 4.95. The molecule has 0 amide bonds. The molecule has 2 aromatic carbocycles. The molecular weight excluding hydrogens is 382 g/mol. The number of hydrogen-bond donors (Lipinski definition) is 0. The fraction of sp³-hybridized carbons (Fsp3) is 0.190. The van der Waals surface area contributed by atoms with Crippen LogP contribution in [0.25, 0.3) is 11.6 Å². The molecule has 0 spiro atoms. The Labute approximate surface area is 157 Å². The Morgan fingerprint density at radius 3 is 1.71 bits per heavy atom. The second-order valence-corrected chi connectivity index (χ2v) is 6.46. The number of benzene rings is 2. The van der Waals surface area contributed by atoms with Gasteiger partial charge in [0, 0.05) is 12.0 Å². The second kappa shape index (κ2) is 6.96. The van der Waals surface area contributed by atoms with Crippen LogP contribution in [0.5, 0.6) is 0 Å². The van der Waals surface area contributed by atoms with Crippen LogP contribution in [0.3, 0.4) is 0 Å². The van der Waals surface area contributed by atoms with E-state index in [1.165, 1.54) is 24.3 Å². The molecule has 0 saturated heterocycles. The molecule has 3 rings (SSSR count). The molecule has 0 atom stereocenters. The van der Waals surface area contributed by atoms with E-state index in [0.717, 1.165) is 24.3 Å². The molecule has 7 heteroatoms. The number of ketones is 1. The average molecular weight is 396 g/mol. The van der Waals surface area contributed by atoms with Gasteiger partial charge in [-0.3, -0.25) is 4.79 Å². The van der Waals surface area contributed by atoms with Gasteiger partial charge in [0.25, 0.3) is 0 Å². The molecule has 0 aliphatic heterocycles. The third-order valence-corrected chi connectivity index (χ3v) is 4.57. The summed E-state index contributed by atoms with van der Waals surface area (Å²) < 4.78 is 76.0. The van der Waals surface area contributed by atoms with Crippen molar-refractivity contribution in [1.82, 2.24) is 0 Å². The molecule has 0 radical (unpaired) electrons. The van der Waals surface area contributed by atoms with E-state index in [2.05, 4.69) is 0 Å². The van der Waals surface area contributed by atoms with Crippen molar-refractivity contribution in [2.24, 2.45) is 0 Å². The quantitative estimate of drug-likeness (QED) is 0.526. The highest BCUT2D eigenvalue weighted by molar-refractivity contribution is 6.26. The fourth-order valence-corrected chi connectivity index (χ4v) is 3.10. The average Bonchev–Trinajstić information content (AvgIpc) is 2.87. The van der Waals surface area contributed by atoms with Gasteiger partial charge < -0.3 is 0 Å². The Hall–Kier alpha value is -2.83. The lowest BCUT2D eigenvalue weighted by Gasteiger charge is -2.08. The molecule has 0 bridgehead atoms. The number of alkyl halides is 6. The highest BCUT2D eigenvalue weighted by atomic mass is 19.4. The Bertz CT molecular complexity index is 958. The topological polar surface area (TPSA) is 17.1 Å².